The van der Waals surface area contributed by atoms with Gasteiger partial charge in [-0.25, -0.2) is 0 Å². The minimum atomic E-state index is 0.276. The molecule has 0 amide bonds. The minimum absolute atomic E-state index is 0.276. The number of methoxy groups -OCH3 is 1. The Morgan fingerprint density at radius 2 is 2.12 bits per heavy atom. The van der Waals surface area contributed by atoms with Crippen LogP contribution < -0.4 is 10.6 Å². The number of hydrogen-bond donors (Lipinski definition) is 1. The molecule has 1 saturated heterocycles. The number of anilines is 2. The van der Waals surface area contributed by atoms with E-state index in [1.807, 2.05) is 18.2 Å². The van der Waals surface area contributed by atoms with Gasteiger partial charge in [0.2, 0.25) is 0 Å². The third-order valence-electron chi connectivity index (χ3n) is 3.79. The van der Waals surface area contributed by atoms with Crippen LogP contribution in [0.3, 0.4) is 0 Å². The zero-order valence-electron chi connectivity index (χ0n) is 10.9. The second-order valence-corrected chi connectivity index (χ2v) is 5.58. The van der Waals surface area contributed by atoms with E-state index >= 15 is 0 Å². The van der Waals surface area contributed by atoms with Crippen LogP contribution in [-0.4, -0.2) is 26.8 Å². The van der Waals surface area contributed by atoms with E-state index in [4.69, 9.17) is 10.5 Å². The topological polar surface area (TPSA) is 38.5 Å². The first-order valence-corrected chi connectivity index (χ1v) is 6.13. The molecule has 0 radical (unpaired) electrons. The maximum absolute atomic E-state index is 6.04. The summed E-state index contributed by atoms with van der Waals surface area (Å²) in [5.74, 6) is 0.562. The lowest BCUT2D eigenvalue weighted by molar-refractivity contribution is 0.112. The van der Waals surface area contributed by atoms with Gasteiger partial charge in [0, 0.05) is 26.1 Å². The Kier molecular flexibility index (Phi) is 3.29. The van der Waals surface area contributed by atoms with Crippen LogP contribution in [-0.2, 0) is 4.74 Å². The van der Waals surface area contributed by atoms with Crippen molar-refractivity contribution in [1.82, 2.24) is 0 Å². The van der Waals surface area contributed by atoms with Gasteiger partial charge in [0.25, 0.3) is 0 Å². The summed E-state index contributed by atoms with van der Waals surface area (Å²) in [5.41, 5.74) is 8.33. The molecule has 3 nitrogen and oxygen atoms in total. The van der Waals surface area contributed by atoms with Crippen LogP contribution in [0.5, 0.6) is 0 Å². The first kappa shape index (κ1) is 12.2. The smallest absolute Gasteiger partial charge is 0.0600 e. The highest BCUT2D eigenvalue weighted by Crippen LogP contribution is 2.39. The lowest BCUT2D eigenvalue weighted by Crippen LogP contribution is -2.25. The Morgan fingerprint density at radius 3 is 2.76 bits per heavy atom. The second-order valence-electron chi connectivity index (χ2n) is 5.58. The van der Waals surface area contributed by atoms with Gasteiger partial charge in [0.15, 0.2) is 0 Å². The van der Waals surface area contributed by atoms with Crippen LogP contribution in [0.25, 0.3) is 0 Å². The van der Waals surface area contributed by atoms with Crippen LogP contribution in [0, 0.1) is 11.3 Å². The third-order valence-corrected chi connectivity index (χ3v) is 3.79. The van der Waals surface area contributed by atoms with Gasteiger partial charge in [0.1, 0.15) is 0 Å². The van der Waals surface area contributed by atoms with Crippen LogP contribution in [0.2, 0.25) is 0 Å². The van der Waals surface area contributed by atoms with Gasteiger partial charge in [-0.05, 0) is 17.5 Å². The number of nitrogen functional groups attached to an aromatic ring is 1. The molecule has 1 unspecified atom stereocenters. The highest BCUT2D eigenvalue weighted by Gasteiger charge is 2.39. The fourth-order valence-electron chi connectivity index (χ4n) is 2.64. The number of ether oxygens (including phenoxy) is 1. The van der Waals surface area contributed by atoms with Crippen LogP contribution in [0.1, 0.15) is 13.8 Å². The molecule has 0 bridgehead atoms. The first-order valence-electron chi connectivity index (χ1n) is 6.13. The van der Waals surface area contributed by atoms with Crippen molar-refractivity contribution in [3.8, 4) is 0 Å². The number of rotatable bonds is 3. The zero-order chi connectivity index (χ0) is 12.5. The zero-order valence-corrected chi connectivity index (χ0v) is 10.9. The van der Waals surface area contributed by atoms with Crippen LogP contribution in [0.4, 0.5) is 11.4 Å². The molecule has 1 aromatic carbocycles. The van der Waals surface area contributed by atoms with E-state index in [9.17, 15) is 0 Å². The molecule has 1 heterocycles. The van der Waals surface area contributed by atoms with Crippen molar-refractivity contribution in [2.24, 2.45) is 11.3 Å². The van der Waals surface area contributed by atoms with Crippen LogP contribution >= 0.6 is 0 Å². The summed E-state index contributed by atoms with van der Waals surface area (Å²) >= 11 is 0. The molecule has 1 aromatic rings. The molecule has 2 N–H and O–H groups in total. The fourth-order valence-corrected chi connectivity index (χ4v) is 2.64. The summed E-state index contributed by atoms with van der Waals surface area (Å²) in [6, 6.07) is 8.08. The summed E-state index contributed by atoms with van der Waals surface area (Å²) in [6.07, 6.45) is 0. The first-order chi connectivity index (χ1) is 8.04. The van der Waals surface area contributed by atoms with Gasteiger partial charge >= 0.3 is 0 Å². The van der Waals surface area contributed by atoms with Crippen molar-refractivity contribution < 1.29 is 4.74 Å². The molecule has 0 spiro atoms. The molecule has 1 aliphatic heterocycles. The van der Waals surface area contributed by atoms with Crippen molar-refractivity contribution in [1.29, 1.82) is 0 Å². The van der Waals surface area contributed by atoms with Crippen molar-refractivity contribution in [3.63, 3.8) is 0 Å². The monoisotopic (exact) mass is 234 g/mol. The predicted octanol–water partition coefficient (Wildman–Crippen LogP) is 2.38. The maximum atomic E-state index is 6.04. The Labute approximate surface area is 104 Å². The minimum Gasteiger partial charge on any atom is -0.397 e. The SMILES string of the molecule is COCC1CN(c2ccccc2N)CC1(C)C. The Bertz CT molecular complexity index is 390. The lowest BCUT2D eigenvalue weighted by Gasteiger charge is -2.24. The summed E-state index contributed by atoms with van der Waals surface area (Å²) in [7, 11) is 1.77. The lowest BCUT2D eigenvalue weighted by atomic mass is 9.83. The van der Waals surface area contributed by atoms with Gasteiger partial charge in [-0.1, -0.05) is 26.0 Å². The highest BCUT2D eigenvalue weighted by molar-refractivity contribution is 5.67. The van der Waals surface area contributed by atoms with Gasteiger partial charge < -0.3 is 15.4 Å². The molecule has 3 heteroatoms. The van der Waals surface area contributed by atoms with E-state index in [0.29, 0.717) is 5.92 Å². The average Bonchev–Trinajstić information content (AvgIpc) is 2.56. The summed E-state index contributed by atoms with van der Waals surface area (Å²) in [4.78, 5) is 2.37. The molecule has 2 rings (SSSR count). The Hall–Kier alpha value is -1.22. The molecular weight excluding hydrogens is 212 g/mol. The molecule has 0 aromatic heterocycles. The van der Waals surface area contributed by atoms with E-state index < -0.39 is 0 Å². The molecule has 1 atom stereocenters. The predicted molar refractivity (Wildman–Crippen MR) is 72.2 cm³/mol. The van der Waals surface area contributed by atoms with E-state index in [-0.39, 0.29) is 5.41 Å². The summed E-state index contributed by atoms with van der Waals surface area (Å²) in [5, 5.41) is 0. The number of hydrogen-bond acceptors (Lipinski definition) is 3. The molecule has 1 fully saturated rings. The second kappa shape index (κ2) is 4.57. The number of benzene rings is 1. The van der Waals surface area contributed by atoms with E-state index in [0.717, 1.165) is 31.1 Å². The average molecular weight is 234 g/mol. The summed E-state index contributed by atoms with van der Waals surface area (Å²) < 4.78 is 5.32. The van der Waals surface area contributed by atoms with Gasteiger partial charge in [-0.15, -0.1) is 0 Å². The van der Waals surface area contributed by atoms with E-state index in [2.05, 4.69) is 24.8 Å². The number of para-hydroxylation sites is 2. The molecule has 0 saturated carbocycles. The maximum Gasteiger partial charge on any atom is 0.0600 e. The highest BCUT2D eigenvalue weighted by atomic mass is 16.5. The van der Waals surface area contributed by atoms with Gasteiger partial charge in [-0.3, -0.25) is 0 Å². The molecular formula is C14H22N2O. The Morgan fingerprint density at radius 1 is 1.41 bits per heavy atom. The quantitative estimate of drug-likeness (QED) is 0.816. The number of nitrogens with zero attached hydrogens (tertiary/aromatic N) is 1. The van der Waals surface area contributed by atoms with Gasteiger partial charge in [0.05, 0.1) is 18.0 Å². The van der Waals surface area contributed by atoms with Crippen molar-refractivity contribution in [2.45, 2.75) is 13.8 Å². The van der Waals surface area contributed by atoms with Crippen molar-refractivity contribution >= 4 is 11.4 Å². The molecule has 94 valence electrons. The van der Waals surface area contributed by atoms with Crippen molar-refractivity contribution in [2.75, 3.05) is 37.4 Å². The largest absolute Gasteiger partial charge is 0.397 e. The van der Waals surface area contributed by atoms with Crippen LogP contribution in [0.15, 0.2) is 24.3 Å². The third kappa shape index (κ3) is 2.39. The van der Waals surface area contributed by atoms with E-state index in [1.165, 1.54) is 0 Å². The Balaban J connectivity index is 2.18. The normalized spacial score (nSPS) is 23.0. The van der Waals surface area contributed by atoms with E-state index in [1.54, 1.807) is 7.11 Å². The van der Waals surface area contributed by atoms with Crippen molar-refractivity contribution in [3.05, 3.63) is 24.3 Å². The molecule has 1 aliphatic rings. The molecule has 17 heavy (non-hydrogen) atoms. The molecule has 0 aliphatic carbocycles. The van der Waals surface area contributed by atoms with Gasteiger partial charge in [-0.2, -0.15) is 0 Å². The number of nitrogens with two attached hydrogens (primary N) is 1. The standard InChI is InChI=1S/C14H22N2O/c1-14(2)10-16(8-11(14)9-17-3)13-7-5-4-6-12(13)15/h4-7,11H,8-10,15H2,1-3H3. The summed E-state index contributed by atoms with van der Waals surface area (Å²) in [6.45, 7) is 7.48. The fraction of sp³-hybridized carbons (Fsp3) is 0.571.